The van der Waals surface area contributed by atoms with Gasteiger partial charge in [-0.25, -0.2) is 4.79 Å². The first-order valence-corrected chi connectivity index (χ1v) is 9.52. The molecule has 2 amide bonds. The predicted molar refractivity (Wildman–Crippen MR) is 101 cm³/mol. The first-order valence-electron chi connectivity index (χ1n) is 9.52. The highest BCUT2D eigenvalue weighted by Gasteiger charge is 2.28. The summed E-state index contributed by atoms with van der Waals surface area (Å²) >= 11 is 0. The summed E-state index contributed by atoms with van der Waals surface area (Å²) in [6.45, 7) is 6.36. The zero-order chi connectivity index (χ0) is 20.1. The lowest BCUT2D eigenvalue weighted by molar-refractivity contribution is -0.142. The summed E-state index contributed by atoms with van der Waals surface area (Å²) in [5.74, 6) is -1.80. The summed E-state index contributed by atoms with van der Waals surface area (Å²) in [7, 11) is 0. The van der Waals surface area contributed by atoms with E-state index < -0.39 is 35.9 Å². The molecular weight excluding hydrogens is 336 g/mol. The van der Waals surface area contributed by atoms with Crippen LogP contribution in [0.3, 0.4) is 0 Å². The van der Waals surface area contributed by atoms with Gasteiger partial charge in [0, 0.05) is 0 Å². The fourth-order valence-corrected chi connectivity index (χ4v) is 2.56. The number of carbonyl (C=O) groups is 3. The zero-order valence-electron chi connectivity index (χ0n) is 16.3. The van der Waals surface area contributed by atoms with E-state index in [4.69, 9.17) is 11.5 Å². The molecule has 0 saturated heterocycles. The van der Waals surface area contributed by atoms with Gasteiger partial charge in [0.15, 0.2) is 0 Å². The Morgan fingerprint density at radius 3 is 2.08 bits per heavy atom. The number of carboxylic acids is 1. The maximum absolute atomic E-state index is 12.5. The number of carbonyl (C=O) groups excluding carboxylic acids is 2. The molecule has 0 heterocycles. The number of amides is 2. The molecule has 0 aromatic rings. The van der Waals surface area contributed by atoms with Gasteiger partial charge < -0.3 is 27.2 Å². The second-order valence-electron chi connectivity index (χ2n) is 7.12. The molecule has 0 aliphatic heterocycles. The van der Waals surface area contributed by atoms with E-state index in [1.165, 1.54) is 0 Å². The molecule has 0 fully saturated rings. The third-order valence-electron chi connectivity index (χ3n) is 4.11. The zero-order valence-corrected chi connectivity index (χ0v) is 16.3. The third-order valence-corrected chi connectivity index (χ3v) is 4.11. The molecule has 0 spiro atoms. The van der Waals surface area contributed by atoms with E-state index in [1.807, 2.05) is 20.8 Å². The molecule has 8 heteroatoms. The van der Waals surface area contributed by atoms with Crippen molar-refractivity contribution in [3.05, 3.63) is 0 Å². The minimum Gasteiger partial charge on any atom is -0.480 e. The monoisotopic (exact) mass is 372 g/mol. The average Bonchev–Trinajstić information content (AvgIpc) is 2.57. The van der Waals surface area contributed by atoms with Crippen molar-refractivity contribution in [2.24, 2.45) is 17.4 Å². The molecule has 0 bridgehead atoms. The Kier molecular flexibility index (Phi) is 12.7. The second-order valence-corrected chi connectivity index (χ2v) is 7.12. The van der Waals surface area contributed by atoms with Crippen LogP contribution in [0.5, 0.6) is 0 Å². The molecule has 8 nitrogen and oxygen atoms in total. The second kappa shape index (κ2) is 13.5. The van der Waals surface area contributed by atoms with Crippen LogP contribution in [0, 0.1) is 5.92 Å². The van der Waals surface area contributed by atoms with Crippen LogP contribution >= 0.6 is 0 Å². The average molecular weight is 373 g/mol. The Morgan fingerprint density at radius 1 is 0.962 bits per heavy atom. The standard InChI is InChI=1S/C18H36N4O4/c1-4-5-9-14(18(25)26)21-17(24)15(11-12(2)3)22-16(23)13(20)8-6-7-10-19/h12-15H,4-11,19-20H2,1-3H3,(H,21,24)(H,22,23)(H,25,26)/t13-,14-,15+/m0/s1. The number of unbranched alkanes of at least 4 members (excludes halogenated alkanes) is 2. The van der Waals surface area contributed by atoms with Crippen LogP contribution in [0.2, 0.25) is 0 Å². The molecule has 3 atom stereocenters. The van der Waals surface area contributed by atoms with Crippen LogP contribution in [0.1, 0.15) is 65.7 Å². The number of aliphatic carboxylic acids is 1. The molecule has 152 valence electrons. The van der Waals surface area contributed by atoms with Gasteiger partial charge in [0.2, 0.25) is 11.8 Å². The first kappa shape index (κ1) is 24.3. The summed E-state index contributed by atoms with van der Waals surface area (Å²) in [5.41, 5.74) is 11.3. The van der Waals surface area contributed by atoms with E-state index in [-0.39, 0.29) is 5.92 Å². The van der Waals surface area contributed by atoms with E-state index in [9.17, 15) is 19.5 Å². The van der Waals surface area contributed by atoms with Crippen LogP contribution in [0.25, 0.3) is 0 Å². The Balaban J connectivity index is 4.86. The van der Waals surface area contributed by atoms with Crippen LogP contribution in [0.4, 0.5) is 0 Å². The van der Waals surface area contributed by atoms with Gasteiger partial charge in [-0.1, -0.05) is 40.0 Å². The van der Waals surface area contributed by atoms with Crippen LogP contribution in [-0.4, -0.2) is 47.6 Å². The molecule has 0 aromatic heterocycles. The van der Waals surface area contributed by atoms with Gasteiger partial charge in [0.05, 0.1) is 6.04 Å². The van der Waals surface area contributed by atoms with E-state index in [1.54, 1.807) is 0 Å². The van der Waals surface area contributed by atoms with Crippen molar-refractivity contribution in [2.75, 3.05) is 6.54 Å². The Bertz CT molecular complexity index is 443. The molecule has 7 N–H and O–H groups in total. The fraction of sp³-hybridized carbons (Fsp3) is 0.833. The molecule has 0 unspecified atom stereocenters. The van der Waals surface area contributed by atoms with Crippen LogP contribution in [0.15, 0.2) is 0 Å². The van der Waals surface area contributed by atoms with Crippen molar-refractivity contribution in [1.29, 1.82) is 0 Å². The highest BCUT2D eigenvalue weighted by Crippen LogP contribution is 2.08. The predicted octanol–water partition coefficient (Wildman–Crippen LogP) is 0.733. The normalized spacial score (nSPS) is 14.5. The lowest BCUT2D eigenvalue weighted by atomic mass is 10.0. The van der Waals surface area contributed by atoms with Gasteiger partial charge in [0.25, 0.3) is 0 Å². The van der Waals surface area contributed by atoms with Crippen LogP contribution < -0.4 is 22.1 Å². The van der Waals surface area contributed by atoms with E-state index in [0.29, 0.717) is 32.2 Å². The molecule has 0 aliphatic carbocycles. The molecular formula is C18H36N4O4. The smallest absolute Gasteiger partial charge is 0.326 e. The van der Waals surface area contributed by atoms with Gasteiger partial charge in [0.1, 0.15) is 12.1 Å². The summed E-state index contributed by atoms with van der Waals surface area (Å²) in [5, 5.41) is 14.5. The minimum atomic E-state index is -1.07. The van der Waals surface area contributed by atoms with Crippen molar-refractivity contribution in [2.45, 2.75) is 83.8 Å². The summed E-state index contributed by atoms with van der Waals surface area (Å²) in [6, 6.07) is -2.46. The number of nitrogens with one attached hydrogen (secondary N) is 2. The highest BCUT2D eigenvalue weighted by molar-refractivity contribution is 5.91. The number of hydrogen-bond donors (Lipinski definition) is 5. The molecule has 0 aromatic carbocycles. The number of hydrogen-bond acceptors (Lipinski definition) is 5. The quantitative estimate of drug-likeness (QED) is 0.284. The molecule has 0 aliphatic rings. The summed E-state index contributed by atoms with van der Waals surface area (Å²) in [4.78, 5) is 36.1. The Hall–Kier alpha value is -1.67. The number of nitrogens with two attached hydrogens (primary N) is 2. The Labute approximate surface area is 156 Å². The van der Waals surface area contributed by atoms with E-state index >= 15 is 0 Å². The van der Waals surface area contributed by atoms with Crippen molar-refractivity contribution in [3.8, 4) is 0 Å². The van der Waals surface area contributed by atoms with Crippen molar-refractivity contribution < 1.29 is 19.5 Å². The third kappa shape index (κ3) is 10.4. The van der Waals surface area contributed by atoms with Crippen molar-refractivity contribution >= 4 is 17.8 Å². The lowest BCUT2D eigenvalue weighted by Gasteiger charge is -2.24. The van der Waals surface area contributed by atoms with Gasteiger partial charge in [-0.05, 0) is 38.1 Å². The summed E-state index contributed by atoms with van der Waals surface area (Å²) in [6.07, 6.45) is 4.33. The van der Waals surface area contributed by atoms with Gasteiger partial charge in [-0.2, -0.15) is 0 Å². The number of carboxylic acid groups (broad SMARTS) is 1. The molecule has 0 rings (SSSR count). The first-order chi connectivity index (χ1) is 12.2. The molecule has 26 heavy (non-hydrogen) atoms. The van der Waals surface area contributed by atoms with Crippen molar-refractivity contribution in [3.63, 3.8) is 0 Å². The molecule has 0 radical (unpaired) electrons. The summed E-state index contributed by atoms with van der Waals surface area (Å²) < 4.78 is 0. The maximum atomic E-state index is 12.5. The fourth-order valence-electron chi connectivity index (χ4n) is 2.56. The largest absolute Gasteiger partial charge is 0.480 e. The van der Waals surface area contributed by atoms with Crippen molar-refractivity contribution in [1.82, 2.24) is 10.6 Å². The molecule has 0 saturated carbocycles. The SMILES string of the molecule is CCCC[C@H](NC(=O)[C@@H](CC(C)C)NC(=O)[C@@H](N)CCCCN)C(=O)O. The van der Waals surface area contributed by atoms with E-state index in [0.717, 1.165) is 19.3 Å². The number of rotatable bonds is 14. The van der Waals surface area contributed by atoms with Gasteiger partial charge in [-0.3, -0.25) is 9.59 Å². The minimum absolute atomic E-state index is 0.151. The topological polar surface area (TPSA) is 148 Å². The Morgan fingerprint density at radius 2 is 1.58 bits per heavy atom. The maximum Gasteiger partial charge on any atom is 0.326 e. The van der Waals surface area contributed by atoms with E-state index in [2.05, 4.69) is 10.6 Å². The highest BCUT2D eigenvalue weighted by atomic mass is 16.4. The van der Waals surface area contributed by atoms with Crippen LogP contribution in [-0.2, 0) is 14.4 Å². The van der Waals surface area contributed by atoms with Gasteiger partial charge >= 0.3 is 5.97 Å². The lowest BCUT2D eigenvalue weighted by Crippen LogP contribution is -2.54. The van der Waals surface area contributed by atoms with Gasteiger partial charge in [-0.15, -0.1) is 0 Å².